The summed E-state index contributed by atoms with van der Waals surface area (Å²) in [4.78, 5) is 22.6. The van der Waals surface area contributed by atoms with E-state index in [4.69, 9.17) is 4.74 Å². The summed E-state index contributed by atoms with van der Waals surface area (Å²) < 4.78 is 34.7. The number of likely N-dealkylation sites (tertiary alicyclic amines) is 1. The number of carbonyl (C=O) groups excluding carboxylic acids is 1. The third-order valence-electron chi connectivity index (χ3n) is 6.37. The van der Waals surface area contributed by atoms with Crippen molar-refractivity contribution in [3.05, 3.63) is 48.8 Å². The van der Waals surface area contributed by atoms with Crippen molar-refractivity contribution in [3.63, 3.8) is 0 Å². The van der Waals surface area contributed by atoms with Crippen molar-refractivity contribution in [1.82, 2.24) is 19.6 Å². The van der Waals surface area contributed by atoms with Crippen molar-refractivity contribution >= 4 is 38.5 Å². The monoisotopic (exact) mass is 516 g/mol. The molecular weight excluding hydrogens is 484 g/mol. The van der Waals surface area contributed by atoms with E-state index in [2.05, 4.69) is 21.6 Å². The van der Waals surface area contributed by atoms with Gasteiger partial charge in [-0.1, -0.05) is 30.8 Å². The second-order valence-electron chi connectivity index (χ2n) is 8.94. The molecule has 0 bridgehead atoms. The van der Waals surface area contributed by atoms with Crippen LogP contribution in [0.1, 0.15) is 32.6 Å². The predicted octanol–water partition coefficient (Wildman–Crippen LogP) is 4.05. The van der Waals surface area contributed by atoms with Crippen LogP contribution in [0.5, 0.6) is 5.75 Å². The minimum Gasteiger partial charge on any atom is -0.497 e. The van der Waals surface area contributed by atoms with E-state index in [-0.39, 0.29) is 10.8 Å². The summed E-state index contributed by atoms with van der Waals surface area (Å²) in [6.07, 6.45) is 6.42. The number of fused-ring (bicyclic) bond motifs is 1. The van der Waals surface area contributed by atoms with Gasteiger partial charge in [0.25, 0.3) is 0 Å². The normalized spacial score (nSPS) is 15.9. The zero-order valence-electron chi connectivity index (χ0n) is 20.1. The Balaban J connectivity index is 1.50. The maximum Gasteiger partial charge on any atom is 0.241 e. The van der Waals surface area contributed by atoms with Crippen LogP contribution in [0.3, 0.4) is 0 Å². The fourth-order valence-corrected chi connectivity index (χ4v) is 6.27. The largest absolute Gasteiger partial charge is 0.497 e. The molecule has 188 valence electrons. The quantitative estimate of drug-likeness (QED) is 0.311. The molecule has 4 rings (SSSR count). The molecule has 2 N–H and O–H groups in total. The molecule has 8 nitrogen and oxygen atoms in total. The van der Waals surface area contributed by atoms with Gasteiger partial charge in [0.05, 0.1) is 12.0 Å². The van der Waals surface area contributed by atoms with E-state index in [1.807, 2.05) is 12.1 Å². The van der Waals surface area contributed by atoms with Crippen molar-refractivity contribution < 1.29 is 17.9 Å². The summed E-state index contributed by atoms with van der Waals surface area (Å²) in [6.45, 7) is 3.51. The molecule has 1 amide bonds. The van der Waals surface area contributed by atoms with Crippen LogP contribution in [-0.2, 0) is 14.8 Å². The highest BCUT2D eigenvalue weighted by molar-refractivity contribution is 7.99. The summed E-state index contributed by atoms with van der Waals surface area (Å²) in [5.41, 5.74) is 0. The Kier molecular flexibility index (Phi) is 8.35. The number of amides is 1. The fourth-order valence-electron chi connectivity index (χ4n) is 4.22. The topological polar surface area (TPSA) is 104 Å². The van der Waals surface area contributed by atoms with Gasteiger partial charge in [-0.3, -0.25) is 4.79 Å². The Labute approximate surface area is 210 Å². The van der Waals surface area contributed by atoms with Gasteiger partial charge in [0, 0.05) is 31.2 Å². The summed E-state index contributed by atoms with van der Waals surface area (Å²) in [5, 5.41) is 2.48. The first-order valence-corrected chi connectivity index (χ1v) is 14.3. The van der Waals surface area contributed by atoms with E-state index in [1.165, 1.54) is 0 Å². The number of aromatic amines is 1. The molecule has 3 aromatic rings. The number of H-pyrrole nitrogens is 1. The maximum absolute atomic E-state index is 13.4. The third-order valence-corrected chi connectivity index (χ3v) is 8.83. The molecule has 0 saturated carbocycles. The molecule has 0 radical (unpaired) electrons. The molecule has 1 aliphatic heterocycles. The molecule has 0 aliphatic carbocycles. The number of rotatable bonds is 10. The number of ether oxygens (including phenoxy) is 1. The molecule has 0 unspecified atom stereocenters. The Morgan fingerprint density at radius 2 is 2.00 bits per heavy atom. The summed E-state index contributed by atoms with van der Waals surface area (Å²) in [6, 6.07) is 9.68. The molecule has 2 aromatic carbocycles. The van der Waals surface area contributed by atoms with Crippen LogP contribution in [-0.4, -0.2) is 61.2 Å². The Morgan fingerprint density at radius 3 is 2.71 bits per heavy atom. The molecule has 1 aromatic heterocycles. The van der Waals surface area contributed by atoms with E-state index >= 15 is 0 Å². The van der Waals surface area contributed by atoms with Crippen molar-refractivity contribution in [2.45, 2.75) is 48.7 Å². The van der Waals surface area contributed by atoms with Crippen molar-refractivity contribution in [2.24, 2.45) is 5.92 Å². The first-order valence-electron chi connectivity index (χ1n) is 11.9. The number of thioether (sulfide) groups is 1. The summed E-state index contributed by atoms with van der Waals surface area (Å²) in [7, 11) is -2.33. The van der Waals surface area contributed by atoms with Crippen LogP contribution in [0, 0.1) is 5.92 Å². The van der Waals surface area contributed by atoms with Gasteiger partial charge >= 0.3 is 0 Å². The van der Waals surface area contributed by atoms with Crippen LogP contribution in [0.25, 0.3) is 10.8 Å². The van der Waals surface area contributed by atoms with Crippen LogP contribution < -0.4 is 9.46 Å². The van der Waals surface area contributed by atoms with Gasteiger partial charge in [-0.2, -0.15) is 4.72 Å². The van der Waals surface area contributed by atoms with Gasteiger partial charge in [-0.05, 0) is 66.6 Å². The number of nitrogens with one attached hydrogen (secondary N) is 2. The summed E-state index contributed by atoms with van der Waals surface area (Å²) >= 11 is 1.56. The minimum atomic E-state index is -3.91. The van der Waals surface area contributed by atoms with E-state index in [1.54, 1.807) is 60.4 Å². The van der Waals surface area contributed by atoms with Crippen LogP contribution in [0.4, 0.5) is 0 Å². The highest BCUT2D eigenvalue weighted by Crippen LogP contribution is 2.25. The van der Waals surface area contributed by atoms with Crippen LogP contribution in [0.2, 0.25) is 0 Å². The van der Waals surface area contributed by atoms with Gasteiger partial charge in [0.2, 0.25) is 15.9 Å². The number of aromatic nitrogens is 2. The zero-order chi connectivity index (χ0) is 24.8. The number of nitrogens with zero attached hydrogens (tertiary/aromatic N) is 2. The molecule has 1 fully saturated rings. The first-order chi connectivity index (χ1) is 16.9. The van der Waals surface area contributed by atoms with Gasteiger partial charge in [-0.25, -0.2) is 13.4 Å². The standard InChI is InChI=1S/C25H32N4O4S2/c1-18-9-13-29(14-10-18)24(30)23(4-3-15-34-25-26-11-12-27-25)28-35(31,32)22-8-6-19-5-7-21(33-2)16-20(19)17-22/h5-8,11-12,16-18,23,28H,3-4,9-10,13-15H2,1-2H3,(H,26,27)/t23-/m0/s1. The average Bonchev–Trinajstić information content (AvgIpc) is 3.38. The second-order valence-corrected chi connectivity index (χ2v) is 11.7. The molecule has 1 saturated heterocycles. The lowest BCUT2D eigenvalue weighted by molar-refractivity contribution is -0.134. The Bertz CT molecular complexity index is 1240. The molecule has 35 heavy (non-hydrogen) atoms. The van der Waals surface area contributed by atoms with E-state index in [9.17, 15) is 13.2 Å². The number of benzene rings is 2. The predicted molar refractivity (Wildman–Crippen MR) is 138 cm³/mol. The smallest absolute Gasteiger partial charge is 0.241 e. The molecule has 0 spiro atoms. The van der Waals surface area contributed by atoms with Crippen LogP contribution in [0.15, 0.2) is 58.8 Å². The fraction of sp³-hybridized carbons (Fsp3) is 0.440. The van der Waals surface area contributed by atoms with E-state index < -0.39 is 16.1 Å². The minimum absolute atomic E-state index is 0.133. The summed E-state index contributed by atoms with van der Waals surface area (Å²) in [5.74, 6) is 1.81. The van der Waals surface area contributed by atoms with E-state index in [0.717, 1.165) is 34.5 Å². The molecule has 2 heterocycles. The maximum atomic E-state index is 13.4. The number of sulfonamides is 1. The lowest BCUT2D eigenvalue weighted by Crippen LogP contribution is -2.50. The molecule has 1 aliphatic rings. The van der Waals surface area contributed by atoms with Gasteiger partial charge in [0.1, 0.15) is 11.8 Å². The number of hydrogen-bond donors (Lipinski definition) is 2. The average molecular weight is 517 g/mol. The molecular formula is C25H32N4O4S2. The lowest BCUT2D eigenvalue weighted by atomic mass is 9.98. The van der Waals surface area contributed by atoms with Crippen molar-refractivity contribution in [3.8, 4) is 5.75 Å². The van der Waals surface area contributed by atoms with Gasteiger partial charge in [0.15, 0.2) is 5.16 Å². The third kappa shape index (κ3) is 6.56. The van der Waals surface area contributed by atoms with Gasteiger partial charge < -0.3 is 14.6 Å². The lowest BCUT2D eigenvalue weighted by Gasteiger charge is -2.33. The molecule has 1 atom stereocenters. The first kappa shape index (κ1) is 25.5. The highest BCUT2D eigenvalue weighted by atomic mass is 32.2. The second kappa shape index (κ2) is 11.5. The Hall–Kier alpha value is -2.56. The number of imidazole rings is 1. The Morgan fingerprint density at radius 1 is 1.23 bits per heavy atom. The number of carbonyl (C=O) groups is 1. The van der Waals surface area contributed by atoms with Gasteiger partial charge in [-0.15, -0.1) is 0 Å². The van der Waals surface area contributed by atoms with Crippen LogP contribution >= 0.6 is 11.8 Å². The van der Waals surface area contributed by atoms with Crippen molar-refractivity contribution in [2.75, 3.05) is 26.0 Å². The SMILES string of the molecule is COc1ccc2ccc(S(=O)(=O)N[C@@H](CCCSc3ncc[nH]3)C(=O)N3CCC(C)CC3)cc2c1. The number of hydrogen-bond acceptors (Lipinski definition) is 6. The van der Waals surface area contributed by atoms with Crippen molar-refractivity contribution in [1.29, 1.82) is 0 Å². The highest BCUT2D eigenvalue weighted by Gasteiger charge is 2.30. The molecule has 10 heteroatoms. The van der Waals surface area contributed by atoms with E-state index in [0.29, 0.717) is 37.6 Å². The number of piperidine rings is 1. The number of methoxy groups -OCH3 is 1. The zero-order valence-corrected chi connectivity index (χ0v) is 21.7.